The van der Waals surface area contributed by atoms with Crippen LogP contribution >= 0.6 is 34.8 Å². The Kier molecular flexibility index (Phi) is 6.83. The van der Waals surface area contributed by atoms with Crippen LogP contribution in [0.3, 0.4) is 0 Å². The topological polar surface area (TPSA) is 96.6 Å². The number of imidazole rings is 1. The van der Waals surface area contributed by atoms with E-state index in [0.717, 1.165) is 0 Å². The number of benzene rings is 2. The Balaban J connectivity index is 0.00000225. The molecule has 0 aliphatic carbocycles. The standard InChI is InChI=1S/C16H10Cl3N3O4S.K/c17-8-1-2-9(12(19)7-8)16-20-14-11(18)4-3-10-13(21-26-27(23,24)25)5-6-22(16)15(10)14;/h1-4,7H,5-6H2,(H,23,24,25);/q;+1/p-1/b21-13-;. The van der Waals surface area contributed by atoms with Crippen molar-refractivity contribution in [3.8, 4) is 11.4 Å². The van der Waals surface area contributed by atoms with Crippen LogP contribution in [0.2, 0.25) is 15.1 Å². The molecule has 28 heavy (non-hydrogen) atoms. The van der Waals surface area contributed by atoms with Gasteiger partial charge in [0.05, 0.1) is 21.3 Å². The number of oxime groups is 1. The van der Waals surface area contributed by atoms with Gasteiger partial charge >= 0.3 is 51.4 Å². The molecule has 1 aliphatic heterocycles. The maximum atomic E-state index is 10.7. The molecule has 0 saturated heterocycles. The number of aryl methyl sites for hydroxylation is 1. The third-order valence-corrected chi connectivity index (χ3v) is 5.25. The smallest absolute Gasteiger partial charge is 0.714 e. The fraction of sp³-hybridized carbons (Fsp3) is 0.125. The molecule has 12 heteroatoms. The molecule has 140 valence electrons. The zero-order chi connectivity index (χ0) is 19.3. The average molecular weight is 485 g/mol. The van der Waals surface area contributed by atoms with Crippen molar-refractivity contribution in [3.05, 3.63) is 51.0 Å². The molecule has 0 atom stereocenters. The van der Waals surface area contributed by atoms with Crippen molar-refractivity contribution in [3.63, 3.8) is 0 Å². The van der Waals surface area contributed by atoms with Gasteiger partial charge in [0.2, 0.25) is 0 Å². The Morgan fingerprint density at radius 3 is 2.50 bits per heavy atom. The molecule has 4 rings (SSSR count). The summed E-state index contributed by atoms with van der Waals surface area (Å²) in [5.41, 5.74) is 2.73. The minimum absolute atomic E-state index is 0. The van der Waals surface area contributed by atoms with Gasteiger partial charge in [0.15, 0.2) is 0 Å². The number of hydrogen-bond donors (Lipinski definition) is 0. The van der Waals surface area contributed by atoms with Crippen molar-refractivity contribution in [2.75, 3.05) is 0 Å². The molecule has 0 radical (unpaired) electrons. The van der Waals surface area contributed by atoms with Crippen molar-refractivity contribution < 1.29 is 68.6 Å². The Bertz CT molecular complexity index is 1230. The summed E-state index contributed by atoms with van der Waals surface area (Å²) >= 11 is 18.6. The van der Waals surface area contributed by atoms with Crippen molar-refractivity contribution in [2.24, 2.45) is 5.16 Å². The van der Waals surface area contributed by atoms with E-state index < -0.39 is 10.4 Å². The van der Waals surface area contributed by atoms with Crippen LogP contribution in [0.25, 0.3) is 22.4 Å². The maximum absolute atomic E-state index is 10.7. The quantitative estimate of drug-likeness (QED) is 0.241. The van der Waals surface area contributed by atoms with Gasteiger partial charge in [-0.05, 0) is 30.3 Å². The number of halogens is 3. The molecule has 0 bridgehead atoms. The van der Waals surface area contributed by atoms with Crippen LogP contribution in [0.5, 0.6) is 0 Å². The summed E-state index contributed by atoms with van der Waals surface area (Å²) in [7, 11) is -4.94. The van der Waals surface area contributed by atoms with Gasteiger partial charge < -0.3 is 9.12 Å². The third-order valence-electron chi connectivity index (χ3n) is 4.14. The van der Waals surface area contributed by atoms with Crippen molar-refractivity contribution in [2.45, 2.75) is 13.0 Å². The van der Waals surface area contributed by atoms with Crippen molar-refractivity contribution in [1.29, 1.82) is 0 Å². The van der Waals surface area contributed by atoms with Crippen LogP contribution < -0.4 is 51.4 Å². The Morgan fingerprint density at radius 2 is 1.82 bits per heavy atom. The summed E-state index contributed by atoms with van der Waals surface area (Å²) in [6.45, 7) is 0.416. The van der Waals surface area contributed by atoms with Crippen LogP contribution in [0.15, 0.2) is 35.5 Å². The molecule has 0 fully saturated rings. The molecule has 2 aromatic carbocycles. The van der Waals surface area contributed by atoms with Gasteiger partial charge in [-0.2, -0.15) is 8.42 Å². The van der Waals surface area contributed by atoms with E-state index in [1.54, 1.807) is 30.3 Å². The maximum Gasteiger partial charge on any atom is 1.00 e. The summed E-state index contributed by atoms with van der Waals surface area (Å²) in [5.74, 6) is 0.595. The molecule has 7 nitrogen and oxygen atoms in total. The van der Waals surface area contributed by atoms with E-state index in [0.29, 0.717) is 61.7 Å². The monoisotopic (exact) mass is 483 g/mol. The predicted octanol–water partition coefficient (Wildman–Crippen LogP) is 1.25. The van der Waals surface area contributed by atoms with Gasteiger partial charge in [-0.15, -0.1) is 0 Å². The fourth-order valence-electron chi connectivity index (χ4n) is 3.07. The number of aromatic nitrogens is 2. The van der Waals surface area contributed by atoms with E-state index in [1.165, 1.54) is 0 Å². The molecule has 1 aromatic heterocycles. The summed E-state index contributed by atoms with van der Waals surface area (Å²) in [6, 6.07) is 8.39. The average Bonchev–Trinajstić information content (AvgIpc) is 2.97. The van der Waals surface area contributed by atoms with Crippen molar-refractivity contribution >= 4 is 61.9 Å². The van der Waals surface area contributed by atoms with Gasteiger partial charge in [0.1, 0.15) is 11.3 Å². The molecule has 2 heterocycles. The van der Waals surface area contributed by atoms with Gasteiger partial charge in [-0.25, -0.2) is 4.98 Å². The summed E-state index contributed by atoms with van der Waals surface area (Å²) in [6.07, 6.45) is 0.327. The normalized spacial score (nSPS) is 14.9. The van der Waals surface area contributed by atoms with Crippen LogP contribution in [-0.2, 0) is 21.2 Å². The molecule has 0 N–H and O–H groups in total. The van der Waals surface area contributed by atoms with Crippen LogP contribution in [0, 0.1) is 0 Å². The second-order valence-corrected chi connectivity index (χ2v) is 7.99. The van der Waals surface area contributed by atoms with Gasteiger partial charge in [0.25, 0.3) is 10.4 Å². The third kappa shape index (κ3) is 4.29. The summed E-state index contributed by atoms with van der Waals surface area (Å²) < 4.78 is 38.2. The number of nitrogens with zero attached hydrogens (tertiary/aromatic N) is 3. The molecular weight excluding hydrogens is 476 g/mol. The Labute approximate surface area is 218 Å². The van der Waals surface area contributed by atoms with Crippen LogP contribution in [0.1, 0.15) is 12.0 Å². The van der Waals surface area contributed by atoms with Crippen molar-refractivity contribution in [1.82, 2.24) is 9.55 Å². The first kappa shape index (κ1) is 22.5. The Hall–Kier alpha value is -0.204. The second kappa shape index (κ2) is 8.50. The molecule has 1 aliphatic rings. The predicted molar refractivity (Wildman–Crippen MR) is 102 cm³/mol. The first-order valence-electron chi connectivity index (χ1n) is 7.60. The molecule has 0 unspecified atom stereocenters. The van der Waals surface area contributed by atoms with E-state index in [9.17, 15) is 13.0 Å². The minimum atomic E-state index is -4.94. The molecule has 0 amide bonds. The minimum Gasteiger partial charge on any atom is -0.714 e. The van der Waals surface area contributed by atoms with Gasteiger partial charge in [0, 0.05) is 29.1 Å². The van der Waals surface area contributed by atoms with Gasteiger partial charge in [-0.1, -0.05) is 40.0 Å². The largest absolute Gasteiger partial charge is 1.00 e. The number of rotatable bonds is 3. The molecule has 0 spiro atoms. The zero-order valence-electron chi connectivity index (χ0n) is 14.3. The zero-order valence-corrected chi connectivity index (χ0v) is 20.5. The van der Waals surface area contributed by atoms with E-state index in [4.69, 9.17) is 34.8 Å². The first-order chi connectivity index (χ1) is 12.7. The molecule has 0 saturated carbocycles. The summed E-state index contributed by atoms with van der Waals surface area (Å²) in [4.78, 5) is 4.62. The molecule has 3 aromatic rings. The van der Waals surface area contributed by atoms with E-state index in [1.807, 2.05) is 4.57 Å². The number of hydrogen-bond acceptors (Lipinski definition) is 6. The van der Waals surface area contributed by atoms with E-state index in [2.05, 4.69) is 14.4 Å². The van der Waals surface area contributed by atoms with Crippen LogP contribution in [0.4, 0.5) is 0 Å². The van der Waals surface area contributed by atoms with Gasteiger partial charge in [-0.3, -0.25) is 4.28 Å². The SMILES string of the molecule is O=S(=O)([O-])O/N=C1/CCn2c(-c3ccc(Cl)cc3Cl)nc3c(Cl)ccc1c32.[K+]. The summed E-state index contributed by atoms with van der Waals surface area (Å²) in [5, 5.41) is 4.86. The first-order valence-corrected chi connectivity index (χ1v) is 10.1. The Morgan fingerprint density at radius 1 is 1.11 bits per heavy atom. The second-order valence-electron chi connectivity index (χ2n) is 5.77. The van der Waals surface area contributed by atoms with E-state index in [-0.39, 0.29) is 51.4 Å². The van der Waals surface area contributed by atoms with Crippen LogP contribution in [-0.4, -0.2) is 28.2 Å². The van der Waals surface area contributed by atoms with E-state index >= 15 is 0 Å². The molecular formula is C16H9Cl3KN3O4S. The fourth-order valence-corrected chi connectivity index (χ4v) is 3.94.